The molecule has 1 aromatic heterocycles. The van der Waals surface area contributed by atoms with Crippen LogP contribution in [0.4, 0.5) is 5.69 Å². The minimum atomic E-state index is -0.537. The van der Waals surface area contributed by atoms with Gasteiger partial charge < -0.3 is 10.3 Å². The lowest BCUT2D eigenvalue weighted by Gasteiger charge is -1.99. The Kier molecular flexibility index (Phi) is 3.77. The Morgan fingerprint density at radius 3 is 2.89 bits per heavy atom. The van der Waals surface area contributed by atoms with E-state index in [1.54, 1.807) is 0 Å². The van der Waals surface area contributed by atoms with Crippen molar-refractivity contribution in [3.63, 3.8) is 0 Å². The Bertz CT molecular complexity index is 614. The lowest BCUT2D eigenvalue weighted by Crippen LogP contribution is -2.10. The number of nitrogens with two attached hydrogens (primary N) is 1. The van der Waals surface area contributed by atoms with Crippen molar-refractivity contribution in [2.75, 3.05) is 0 Å². The van der Waals surface area contributed by atoms with Gasteiger partial charge in [0.05, 0.1) is 11.0 Å². The van der Waals surface area contributed by atoms with Gasteiger partial charge in [0.15, 0.2) is 5.82 Å². The quantitative estimate of drug-likeness (QED) is 0.682. The second kappa shape index (κ2) is 5.33. The third kappa shape index (κ3) is 2.88. The zero-order valence-corrected chi connectivity index (χ0v) is 10.8. The minimum Gasteiger partial charge on any atom is -0.334 e. The normalized spacial score (nSPS) is 12.4. The molecule has 0 saturated heterocycles. The van der Waals surface area contributed by atoms with Crippen LogP contribution >= 0.6 is 11.6 Å². The van der Waals surface area contributed by atoms with E-state index in [0.29, 0.717) is 17.8 Å². The average Bonchev–Trinajstić information content (AvgIpc) is 2.86. The van der Waals surface area contributed by atoms with Gasteiger partial charge in [-0.15, -0.1) is 0 Å². The molecule has 19 heavy (non-hydrogen) atoms. The molecule has 0 fully saturated rings. The maximum absolute atomic E-state index is 10.8. The second-order valence-corrected chi connectivity index (χ2v) is 4.36. The fourth-order valence-corrected chi connectivity index (χ4v) is 1.72. The Morgan fingerprint density at radius 1 is 1.53 bits per heavy atom. The van der Waals surface area contributed by atoms with Gasteiger partial charge in [0.25, 0.3) is 11.6 Å². The largest absolute Gasteiger partial charge is 0.334 e. The molecule has 0 bridgehead atoms. The highest BCUT2D eigenvalue weighted by Crippen LogP contribution is 2.28. The fourth-order valence-electron chi connectivity index (χ4n) is 1.49. The Hall–Kier alpha value is -1.99. The molecule has 0 aliphatic rings. The van der Waals surface area contributed by atoms with E-state index < -0.39 is 4.92 Å². The maximum Gasteiger partial charge on any atom is 0.271 e. The van der Waals surface area contributed by atoms with Crippen LogP contribution in [0.1, 0.15) is 25.2 Å². The third-order valence-electron chi connectivity index (χ3n) is 2.55. The minimum absolute atomic E-state index is 0.137. The Labute approximate surface area is 113 Å². The number of benzene rings is 1. The average molecular weight is 283 g/mol. The van der Waals surface area contributed by atoms with Crippen molar-refractivity contribution < 1.29 is 9.45 Å². The summed E-state index contributed by atoms with van der Waals surface area (Å²) in [5.41, 5.74) is 6.03. The summed E-state index contributed by atoms with van der Waals surface area (Å²) in [7, 11) is 0. The summed E-state index contributed by atoms with van der Waals surface area (Å²) in [6.07, 6.45) is 0.661. The highest BCUT2D eigenvalue weighted by Gasteiger charge is 2.17. The summed E-state index contributed by atoms with van der Waals surface area (Å²) in [5.74, 6) is 0.518. The van der Waals surface area contributed by atoms with Gasteiger partial charge in [0.2, 0.25) is 0 Å². The summed E-state index contributed by atoms with van der Waals surface area (Å²) in [6.45, 7) is 1.89. The smallest absolute Gasteiger partial charge is 0.271 e. The van der Waals surface area contributed by atoms with Crippen molar-refractivity contribution in [1.29, 1.82) is 0 Å². The van der Waals surface area contributed by atoms with Crippen molar-refractivity contribution >= 4 is 17.3 Å². The number of non-ortho nitro benzene ring substituents is 1. The van der Waals surface area contributed by atoms with Crippen LogP contribution in [-0.4, -0.2) is 15.1 Å². The molecular weight excluding hydrogens is 272 g/mol. The molecule has 2 N–H and O–H groups in total. The topological polar surface area (TPSA) is 108 Å². The van der Waals surface area contributed by atoms with Crippen LogP contribution in [-0.2, 0) is 0 Å². The molecule has 8 heteroatoms. The van der Waals surface area contributed by atoms with Crippen molar-refractivity contribution in [3.8, 4) is 11.5 Å². The molecule has 2 rings (SSSR count). The van der Waals surface area contributed by atoms with E-state index in [9.17, 15) is 10.1 Å². The molecule has 0 aliphatic carbocycles. The number of nitro groups is 1. The van der Waals surface area contributed by atoms with Gasteiger partial charge in [-0.05, 0) is 12.5 Å². The number of nitro benzene ring substituents is 1. The second-order valence-electron chi connectivity index (χ2n) is 3.93. The number of halogens is 1. The third-order valence-corrected chi connectivity index (χ3v) is 2.77. The van der Waals surface area contributed by atoms with E-state index in [4.69, 9.17) is 21.9 Å². The summed E-state index contributed by atoms with van der Waals surface area (Å²) >= 11 is 5.82. The van der Waals surface area contributed by atoms with Gasteiger partial charge in [0, 0.05) is 22.7 Å². The standard InChI is InChI=1S/C11H11ClN4O3/c1-2-9(13)10-14-11(19-15-10)6-3-7(12)5-8(4-6)16(17)18/h3-5,9H,2,13H2,1H3. The number of hydrogen-bond acceptors (Lipinski definition) is 6. The summed E-state index contributed by atoms with van der Waals surface area (Å²) in [6, 6.07) is 3.76. The van der Waals surface area contributed by atoms with E-state index in [0.717, 1.165) is 0 Å². The predicted molar refractivity (Wildman–Crippen MR) is 68.6 cm³/mol. The molecule has 0 radical (unpaired) electrons. The zero-order valence-electron chi connectivity index (χ0n) is 10.0. The molecule has 1 atom stereocenters. The van der Waals surface area contributed by atoms with Crippen molar-refractivity contribution in [1.82, 2.24) is 10.1 Å². The first-order valence-electron chi connectivity index (χ1n) is 5.55. The number of nitrogens with zero attached hydrogens (tertiary/aromatic N) is 3. The predicted octanol–water partition coefficient (Wildman–Crippen LogP) is 2.71. The number of rotatable bonds is 4. The van der Waals surface area contributed by atoms with E-state index >= 15 is 0 Å². The molecule has 7 nitrogen and oxygen atoms in total. The summed E-state index contributed by atoms with van der Waals surface area (Å²) in [5, 5.41) is 14.7. The van der Waals surface area contributed by atoms with E-state index in [2.05, 4.69) is 10.1 Å². The maximum atomic E-state index is 10.8. The van der Waals surface area contributed by atoms with Crippen LogP contribution in [0.3, 0.4) is 0 Å². The molecule has 1 aromatic carbocycles. The Balaban J connectivity index is 2.41. The molecular formula is C11H11ClN4O3. The van der Waals surface area contributed by atoms with Gasteiger partial charge in [-0.3, -0.25) is 10.1 Å². The lowest BCUT2D eigenvalue weighted by atomic mass is 10.2. The number of aromatic nitrogens is 2. The first-order chi connectivity index (χ1) is 9.01. The van der Waals surface area contributed by atoms with Crippen molar-refractivity contribution in [2.45, 2.75) is 19.4 Å². The van der Waals surface area contributed by atoms with Crippen LogP contribution in [0.5, 0.6) is 0 Å². The van der Waals surface area contributed by atoms with Crippen LogP contribution in [0, 0.1) is 10.1 Å². The fraction of sp³-hybridized carbons (Fsp3) is 0.273. The van der Waals surface area contributed by atoms with Gasteiger partial charge in [-0.2, -0.15) is 4.98 Å². The first kappa shape index (κ1) is 13.4. The number of hydrogen-bond donors (Lipinski definition) is 1. The monoisotopic (exact) mass is 282 g/mol. The zero-order chi connectivity index (χ0) is 14.0. The molecule has 2 aromatic rings. The molecule has 0 saturated carbocycles. The van der Waals surface area contributed by atoms with Gasteiger partial charge in [-0.25, -0.2) is 0 Å². The first-order valence-corrected chi connectivity index (χ1v) is 5.93. The van der Waals surface area contributed by atoms with E-state index in [1.807, 2.05) is 6.92 Å². The van der Waals surface area contributed by atoms with Gasteiger partial charge in [-0.1, -0.05) is 23.7 Å². The van der Waals surface area contributed by atoms with Crippen LogP contribution in [0.15, 0.2) is 22.7 Å². The highest BCUT2D eigenvalue weighted by atomic mass is 35.5. The lowest BCUT2D eigenvalue weighted by molar-refractivity contribution is -0.384. The van der Waals surface area contributed by atoms with Gasteiger partial charge in [0.1, 0.15) is 0 Å². The van der Waals surface area contributed by atoms with E-state index in [1.165, 1.54) is 18.2 Å². The van der Waals surface area contributed by atoms with Crippen LogP contribution in [0.25, 0.3) is 11.5 Å². The summed E-state index contributed by atoms with van der Waals surface area (Å²) in [4.78, 5) is 14.3. The highest BCUT2D eigenvalue weighted by molar-refractivity contribution is 6.31. The van der Waals surface area contributed by atoms with Gasteiger partial charge >= 0.3 is 0 Å². The Morgan fingerprint density at radius 2 is 2.26 bits per heavy atom. The van der Waals surface area contributed by atoms with Crippen LogP contribution < -0.4 is 5.73 Å². The molecule has 100 valence electrons. The SMILES string of the molecule is CCC(N)c1noc(-c2cc(Cl)cc([N+](=O)[O-])c2)n1. The molecule has 0 aliphatic heterocycles. The van der Waals surface area contributed by atoms with Crippen molar-refractivity contribution in [3.05, 3.63) is 39.2 Å². The van der Waals surface area contributed by atoms with E-state index in [-0.39, 0.29) is 22.6 Å². The molecule has 0 spiro atoms. The van der Waals surface area contributed by atoms with Crippen molar-refractivity contribution in [2.24, 2.45) is 5.73 Å². The summed E-state index contributed by atoms with van der Waals surface area (Å²) < 4.78 is 5.04. The van der Waals surface area contributed by atoms with Crippen LogP contribution in [0.2, 0.25) is 5.02 Å². The molecule has 0 amide bonds. The molecule has 1 heterocycles. The molecule has 1 unspecified atom stereocenters.